The molecule has 0 radical (unpaired) electrons. The molecule has 0 aromatic heterocycles. The largest absolute Gasteiger partial charge is 0.467 e. The van der Waals surface area contributed by atoms with E-state index in [0.717, 1.165) is 6.42 Å². The second kappa shape index (κ2) is 5.38. The third-order valence-corrected chi connectivity index (χ3v) is 3.41. The molecule has 5 heteroatoms. The minimum atomic E-state index is -0.526. The maximum Gasteiger partial charge on any atom is 0.328 e. The van der Waals surface area contributed by atoms with Gasteiger partial charge in [0.15, 0.2) is 0 Å². The van der Waals surface area contributed by atoms with Gasteiger partial charge in [0.05, 0.1) is 7.11 Å². The van der Waals surface area contributed by atoms with Gasteiger partial charge in [-0.2, -0.15) is 0 Å². The Balaban J connectivity index is 2.25. The van der Waals surface area contributed by atoms with E-state index in [1.54, 1.807) is 6.92 Å². The summed E-state index contributed by atoms with van der Waals surface area (Å²) in [7, 11) is 1.31. The third kappa shape index (κ3) is 2.59. The molecule has 1 unspecified atom stereocenters. The van der Waals surface area contributed by atoms with Crippen molar-refractivity contribution in [2.24, 2.45) is 0 Å². The van der Waals surface area contributed by atoms with Gasteiger partial charge in [0.25, 0.3) is 5.91 Å². The number of methoxy groups -OCH3 is 1. The molecular weight excluding hydrogens is 249 g/mol. The molecule has 0 spiro atoms. The average Bonchev–Trinajstić information content (AvgIpc) is 2.86. The molecule has 2 rings (SSSR count). The summed E-state index contributed by atoms with van der Waals surface area (Å²) in [6.45, 7) is 2.20. The van der Waals surface area contributed by atoms with Crippen LogP contribution >= 0.6 is 0 Å². The third-order valence-electron chi connectivity index (χ3n) is 3.41. The maximum absolute atomic E-state index is 13.0. The molecule has 19 heavy (non-hydrogen) atoms. The summed E-state index contributed by atoms with van der Waals surface area (Å²) < 4.78 is 17.8. The van der Waals surface area contributed by atoms with Crippen LogP contribution in [0.3, 0.4) is 0 Å². The average molecular weight is 265 g/mol. The van der Waals surface area contributed by atoms with E-state index in [9.17, 15) is 14.0 Å². The monoisotopic (exact) mass is 265 g/mol. The van der Waals surface area contributed by atoms with Crippen molar-refractivity contribution in [2.45, 2.75) is 25.8 Å². The van der Waals surface area contributed by atoms with Crippen LogP contribution in [0.15, 0.2) is 18.2 Å². The fourth-order valence-electron chi connectivity index (χ4n) is 2.41. The zero-order chi connectivity index (χ0) is 14.0. The molecule has 102 valence electrons. The number of ether oxygens (including phenoxy) is 1. The smallest absolute Gasteiger partial charge is 0.328 e. The zero-order valence-corrected chi connectivity index (χ0v) is 11.0. The summed E-state index contributed by atoms with van der Waals surface area (Å²) in [5, 5.41) is 0. The van der Waals surface area contributed by atoms with Gasteiger partial charge in [0.2, 0.25) is 0 Å². The summed E-state index contributed by atoms with van der Waals surface area (Å²) in [6, 6.07) is 3.50. The second-order valence-electron chi connectivity index (χ2n) is 4.64. The van der Waals surface area contributed by atoms with E-state index in [4.69, 9.17) is 4.74 Å². The molecule has 1 heterocycles. The van der Waals surface area contributed by atoms with E-state index in [2.05, 4.69) is 0 Å². The Kier molecular flexibility index (Phi) is 3.83. The highest BCUT2D eigenvalue weighted by molar-refractivity contribution is 5.98. The minimum absolute atomic E-state index is 0.245. The lowest BCUT2D eigenvalue weighted by Gasteiger charge is -2.23. The van der Waals surface area contributed by atoms with Crippen molar-refractivity contribution in [3.8, 4) is 0 Å². The standard InChI is InChI=1S/C14H16FNO3/c1-9-8-10(15)5-6-11(9)13(17)16-7-3-4-12(16)14(18)19-2/h5-6,8,12H,3-4,7H2,1-2H3. The number of nitrogens with zero attached hydrogens (tertiary/aromatic N) is 1. The Morgan fingerprint density at radius 1 is 1.42 bits per heavy atom. The molecular formula is C14H16FNO3. The molecule has 1 aromatic rings. The van der Waals surface area contributed by atoms with E-state index in [0.29, 0.717) is 24.1 Å². The summed E-state index contributed by atoms with van der Waals surface area (Å²) in [5.74, 6) is -1.02. The first-order valence-electron chi connectivity index (χ1n) is 6.19. The van der Waals surface area contributed by atoms with Crippen molar-refractivity contribution >= 4 is 11.9 Å². The van der Waals surface area contributed by atoms with Crippen LogP contribution in [0.4, 0.5) is 4.39 Å². The molecule has 0 saturated carbocycles. The topological polar surface area (TPSA) is 46.6 Å². The van der Waals surface area contributed by atoms with Crippen molar-refractivity contribution in [3.05, 3.63) is 35.1 Å². The van der Waals surface area contributed by atoms with Crippen molar-refractivity contribution in [1.82, 2.24) is 4.90 Å². The van der Waals surface area contributed by atoms with Gasteiger partial charge >= 0.3 is 5.97 Å². The molecule has 1 atom stereocenters. The summed E-state index contributed by atoms with van der Waals surface area (Å²) in [4.78, 5) is 25.5. The van der Waals surface area contributed by atoms with Crippen LogP contribution < -0.4 is 0 Å². The Morgan fingerprint density at radius 3 is 2.79 bits per heavy atom. The first-order chi connectivity index (χ1) is 9.04. The van der Waals surface area contributed by atoms with Crippen molar-refractivity contribution < 1.29 is 18.7 Å². The number of likely N-dealkylation sites (tertiary alicyclic amines) is 1. The molecule has 1 aromatic carbocycles. The Bertz CT molecular complexity index is 515. The van der Waals surface area contributed by atoms with Gasteiger partial charge < -0.3 is 9.64 Å². The van der Waals surface area contributed by atoms with E-state index in [1.165, 1.54) is 30.2 Å². The fraction of sp³-hybridized carbons (Fsp3) is 0.429. The fourth-order valence-corrected chi connectivity index (χ4v) is 2.41. The van der Waals surface area contributed by atoms with Gasteiger partial charge in [0.1, 0.15) is 11.9 Å². The summed E-state index contributed by atoms with van der Waals surface area (Å²) in [6.07, 6.45) is 1.38. The van der Waals surface area contributed by atoms with Crippen molar-refractivity contribution in [2.75, 3.05) is 13.7 Å². The first kappa shape index (κ1) is 13.5. The summed E-state index contributed by atoms with van der Waals surface area (Å²) >= 11 is 0. The Labute approximate surface area is 111 Å². The Morgan fingerprint density at radius 2 is 2.16 bits per heavy atom. The second-order valence-corrected chi connectivity index (χ2v) is 4.64. The molecule has 0 bridgehead atoms. The molecule has 1 saturated heterocycles. The number of rotatable bonds is 2. The van der Waals surface area contributed by atoms with Crippen LogP contribution in [0.25, 0.3) is 0 Å². The number of halogens is 1. The minimum Gasteiger partial charge on any atom is -0.467 e. The number of amides is 1. The van der Waals surface area contributed by atoms with E-state index < -0.39 is 12.0 Å². The highest BCUT2D eigenvalue weighted by Crippen LogP contribution is 2.22. The number of hydrogen-bond acceptors (Lipinski definition) is 3. The van der Waals surface area contributed by atoms with Crippen molar-refractivity contribution in [1.29, 1.82) is 0 Å². The van der Waals surface area contributed by atoms with E-state index >= 15 is 0 Å². The van der Waals surface area contributed by atoms with Gasteiger partial charge in [-0.05, 0) is 43.5 Å². The predicted molar refractivity (Wildman–Crippen MR) is 67.2 cm³/mol. The number of carbonyl (C=O) groups excluding carboxylic acids is 2. The first-order valence-corrected chi connectivity index (χ1v) is 6.19. The van der Waals surface area contributed by atoms with Gasteiger partial charge in [-0.15, -0.1) is 0 Å². The van der Waals surface area contributed by atoms with Gasteiger partial charge in [0, 0.05) is 12.1 Å². The molecule has 0 N–H and O–H groups in total. The zero-order valence-electron chi connectivity index (χ0n) is 11.0. The number of carbonyl (C=O) groups is 2. The number of benzene rings is 1. The molecule has 0 aliphatic carbocycles. The van der Waals surface area contributed by atoms with E-state index in [1.807, 2.05) is 0 Å². The molecule has 1 aliphatic heterocycles. The lowest BCUT2D eigenvalue weighted by Crippen LogP contribution is -2.41. The quantitative estimate of drug-likeness (QED) is 0.767. The van der Waals surface area contributed by atoms with E-state index in [-0.39, 0.29) is 11.7 Å². The highest BCUT2D eigenvalue weighted by Gasteiger charge is 2.35. The lowest BCUT2D eigenvalue weighted by molar-refractivity contribution is -0.145. The molecule has 1 amide bonds. The van der Waals surface area contributed by atoms with Crippen LogP contribution in [0, 0.1) is 12.7 Å². The Hall–Kier alpha value is -1.91. The van der Waals surface area contributed by atoms with Crippen LogP contribution in [0.2, 0.25) is 0 Å². The van der Waals surface area contributed by atoms with Crippen LogP contribution in [-0.4, -0.2) is 36.5 Å². The molecule has 1 aliphatic rings. The maximum atomic E-state index is 13.0. The van der Waals surface area contributed by atoms with Gasteiger partial charge in [-0.3, -0.25) is 4.79 Å². The molecule has 1 fully saturated rings. The normalized spacial score (nSPS) is 18.5. The van der Waals surface area contributed by atoms with Crippen LogP contribution in [-0.2, 0) is 9.53 Å². The van der Waals surface area contributed by atoms with Crippen LogP contribution in [0.5, 0.6) is 0 Å². The number of hydrogen-bond donors (Lipinski definition) is 0. The molecule has 4 nitrogen and oxygen atoms in total. The number of aryl methyl sites for hydroxylation is 1. The summed E-state index contributed by atoms with van der Waals surface area (Å²) in [5.41, 5.74) is 0.998. The van der Waals surface area contributed by atoms with Gasteiger partial charge in [-0.1, -0.05) is 0 Å². The van der Waals surface area contributed by atoms with Crippen LogP contribution in [0.1, 0.15) is 28.8 Å². The highest BCUT2D eigenvalue weighted by atomic mass is 19.1. The number of esters is 1. The predicted octanol–water partition coefficient (Wildman–Crippen LogP) is 1.91. The van der Waals surface area contributed by atoms with Gasteiger partial charge in [-0.25, -0.2) is 9.18 Å². The van der Waals surface area contributed by atoms with Crippen molar-refractivity contribution in [3.63, 3.8) is 0 Å². The lowest BCUT2D eigenvalue weighted by atomic mass is 10.1. The SMILES string of the molecule is COC(=O)C1CCCN1C(=O)c1ccc(F)cc1C.